The Bertz CT molecular complexity index is 349. The summed E-state index contributed by atoms with van der Waals surface area (Å²) in [7, 11) is 1.78. The zero-order valence-corrected chi connectivity index (χ0v) is 11.4. The van der Waals surface area contributed by atoms with E-state index in [2.05, 4.69) is 5.32 Å². The summed E-state index contributed by atoms with van der Waals surface area (Å²) >= 11 is 0. The van der Waals surface area contributed by atoms with E-state index in [1.165, 1.54) is 0 Å². The minimum absolute atomic E-state index is 0.0142. The molecule has 2 fully saturated rings. The zero-order valence-electron chi connectivity index (χ0n) is 11.4. The Morgan fingerprint density at radius 3 is 2.47 bits per heavy atom. The van der Waals surface area contributed by atoms with E-state index in [1.54, 1.807) is 11.9 Å². The highest BCUT2D eigenvalue weighted by Gasteiger charge is 2.41. The van der Waals surface area contributed by atoms with E-state index in [-0.39, 0.29) is 18.5 Å². The van der Waals surface area contributed by atoms with E-state index in [0.29, 0.717) is 13.2 Å². The molecule has 1 aliphatic heterocycles. The van der Waals surface area contributed by atoms with Gasteiger partial charge in [-0.1, -0.05) is 0 Å². The van der Waals surface area contributed by atoms with Crippen molar-refractivity contribution in [1.82, 2.24) is 10.2 Å². The lowest BCUT2D eigenvalue weighted by Gasteiger charge is -2.43. The number of rotatable bonds is 4. The van der Waals surface area contributed by atoms with Crippen LogP contribution in [0.1, 0.15) is 38.5 Å². The second-order valence-electron chi connectivity index (χ2n) is 5.59. The van der Waals surface area contributed by atoms with Crippen LogP contribution in [0.4, 0.5) is 4.79 Å². The highest BCUT2D eigenvalue weighted by molar-refractivity contribution is 5.77. The summed E-state index contributed by atoms with van der Waals surface area (Å²) in [5.74, 6) is -0.853. The number of carboxylic acids is 1. The van der Waals surface area contributed by atoms with Crippen molar-refractivity contribution in [2.24, 2.45) is 0 Å². The van der Waals surface area contributed by atoms with Gasteiger partial charge >= 0.3 is 12.0 Å². The maximum atomic E-state index is 12.2. The first-order chi connectivity index (χ1) is 9.02. The highest BCUT2D eigenvalue weighted by atomic mass is 16.5. The van der Waals surface area contributed by atoms with Gasteiger partial charge in [0.1, 0.15) is 0 Å². The molecule has 0 aromatic rings. The van der Waals surface area contributed by atoms with Gasteiger partial charge in [-0.2, -0.15) is 0 Å². The van der Waals surface area contributed by atoms with Crippen LogP contribution in [-0.4, -0.2) is 53.8 Å². The van der Waals surface area contributed by atoms with E-state index >= 15 is 0 Å². The lowest BCUT2D eigenvalue weighted by atomic mass is 9.74. The average molecular weight is 270 g/mol. The number of carbonyl (C=O) groups is 2. The van der Waals surface area contributed by atoms with Gasteiger partial charge in [-0.05, 0) is 32.1 Å². The number of carboxylic acid groups (broad SMARTS) is 1. The van der Waals surface area contributed by atoms with Crippen LogP contribution in [0.25, 0.3) is 0 Å². The molecule has 0 bridgehead atoms. The van der Waals surface area contributed by atoms with Gasteiger partial charge in [-0.15, -0.1) is 0 Å². The minimum Gasteiger partial charge on any atom is -0.481 e. The van der Waals surface area contributed by atoms with Gasteiger partial charge in [0.05, 0.1) is 12.0 Å². The van der Waals surface area contributed by atoms with Crippen LogP contribution in [0.3, 0.4) is 0 Å². The summed E-state index contributed by atoms with van der Waals surface area (Å²) in [5.41, 5.74) is -0.525. The van der Waals surface area contributed by atoms with Crippen molar-refractivity contribution in [2.75, 3.05) is 20.3 Å². The van der Waals surface area contributed by atoms with Crippen molar-refractivity contribution in [3.8, 4) is 0 Å². The van der Waals surface area contributed by atoms with E-state index in [4.69, 9.17) is 9.84 Å². The van der Waals surface area contributed by atoms with E-state index in [9.17, 15) is 9.59 Å². The Labute approximate surface area is 113 Å². The van der Waals surface area contributed by atoms with Crippen LogP contribution in [0.15, 0.2) is 0 Å². The molecule has 6 heteroatoms. The van der Waals surface area contributed by atoms with Crippen molar-refractivity contribution in [2.45, 2.75) is 50.1 Å². The predicted octanol–water partition coefficient (Wildman–Crippen LogP) is 1.20. The Balaban J connectivity index is 1.89. The molecule has 1 saturated carbocycles. The third-order valence-electron chi connectivity index (χ3n) is 4.23. The van der Waals surface area contributed by atoms with Crippen LogP contribution in [0.2, 0.25) is 0 Å². The van der Waals surface area contributed by atoms with Gasteiger partial charge in [0, 0.05) is 26.3 Å². The summed E-state index contributed by atoms with van der Waals surface area (Å²) < 4.78 is 5.28. The molecule has 0 aromatic heterocycles. The SMILES string of the molecule is CN(C(=O)NC1(CC(=O)O)CCC1)C1CCOCC1. The molecule has 0 radical (unpaired) electrons. The smallest absolute Gasteiger partial charge is 0.317 e. The van der Waals surface area contributed by atoms with Crippen molar-refractivity contribution in [3.63, 3.8) is 0 Å². The number of aliphatic carboxylic acids is 1. The Morgan fingerprint density at radius 1 is 1.37 bits per heavy atom. The lowest BCUT2D eigenvalue weighted by Crippen LogP contribution is -2.59. The molecular formula is C13H22N2O4. The molecular weight excluding hydrogens is 248 g/mol. The first kappa shape index (κ1) is 14.1. The molecule has 1 heterocycles. The first-order valence-corrected chi connectivity index (χ1v) is 6.87. The number of urea groups is 1. The largest absolute Gasteiger partial charge is 0.481 e. The van der Waals surface area contributed by atoms with Gasteiger partial charge < -0.3 is 20.1 Å². The number of ether oxygens (including phenoxy) is 1. The number of hydrogen-bond donors (Lipinski definition) is 2. The fraction of sp³-hybridized carbons (Fsp3) is 0.846. The molecule has 19 heavy (non-hydrogen) atoms. The van der Waals surface area contributed by atoms with Gasteiger partial charge in [-0.25, -0.2) is 4.79 Å². The summed E-state index contributed by atoms with van der Waals surface area (Å²) in [6.07, 6.45) is 4.19. The fourth-order valence-electron chi connectivity index (χ4n) is 2.79. The molecule has 2 rings (SSSR count). The van der Waals surface area contributed by atoms with Crippen LogP contribution < -0.4 is 5.32 Å². The Kier molecular flexibility index (Phi) is 4.29. The van der Waals surface area contributed by atoms with Gasteiger partial charge in [0.15, 0.2) is 0 Å². The summed E-state index contributed by atoms with van der Waals surface area (Å²) in [4.78, 5) is 24.8. The maximum Gasteiger partial charge on any atom is 0.317 e. The monoisotopic (exact) mass is 270 g/mol. The summed E-state index contributed by atoms with van der Waals surface area (Å²) in [6.45, 7) is 1.37. The summed E-state index contributed by atoms with van der Waals surface area (Å²) in [6, 6.07) is 0.0311. The quantitative estimate of drug-likeness (QED) is 0.804. The molecule has 1 aliphatic carbocycles. The van der Waals surface area contributed by atoms with Crippen LogP contribution >= 0.6 is 0 Å². The highest BCUT2D eigenvalue weighted by Crippen LogP contribution is 2.35. The van der Waals surface area contributed by atoms with E-state index < -0.39 is 11.5 Å². The second kappa shape index (κ2) is 5.77. The topological polar surface area (TPSA) is 78.9 Å². The number of hydrogen-bond acceptors (Lipinski definition) is 3. The number of carbonyl (C=O) groups excluding carboxylic acids is 1. The average Bonchev–Trinajstić information content (AvgIpc) is 2.35. The molecule has 0 atom stereocenters. The normalized spacial score (nSPS) is 22.4. The molecule has 2 amide bonds. The standard InChI is InChI=1S/C13H22N2O4/c1-15(10-3-7-19-8-4-10)12(18)14-13(5-2-6-13)9-11(16)17/h10H,2-9H2,1H3,(H,14,18)(H,16,17). The molecule has 0 aromatic carbocycles. The maximum absolute atomic E-state index is 12.2. The van der Waals surface area contributed by atoms with Crippen molar-refractivity contribution in [1.29, 1.82) is 0 Å². The molecule has 2 N–H and O–H groups in total. The van der Waals surface area contributed by atoms with Gasteiger partial charge in [0.2, 0.25) is 0 Å². The summed E-state index contributed by atoms with van der Waals surface area (Å²) in [5, 5.41) is 11.9. The predicted molar refractivity (Wildman–Crippen MR) is 69.0 cm³/mol. The zero-order chi connectivity index (χ0) is 13.9. The van der Waals surface area contributed by atoms with Crippen LogP contribution in [0.5, 0.6) is 0 Å². The Hall–Kier alpha value is -1.30. The number of nitrogens with zero attached hydrogens (tertiary/aromatic N) is 1. The molecule has 108 valence electrons. The third-order valence-corrected chi connectivity index (χ3v) is 4.23. The second-order valence-corrected chi connectivity index (χ2v) is 5.59. The number of amides is 2. The van der Waals surface area contributed by atoms with Crippen molar-refractivity contribution < 1.29 is 19.4 Å². The van der Waals surface area contributed by atoms with Gasteiger partial charge in [0.25, 0.3) is 0 Å². The van der Waals surface area contributed by atoms with E-state index in [0.717, 1.165) is 32.1 Å². The third kappa shape index (κ3) is 3.37. The minimum atomic E-state index is -0.853. The van der Waals surface area contributed by atoms with E-state index in [1.807, 2.05) is 0 Å². The molecule has 0 spiro atoms. The Morgan fingerprint density at radius 2 is 2.00 bits per heavy atom. The fourth-order valence-corrected chi connectivity index (χ4v) is 2.79. The molecule has 1 saturated heterocycles. The molecule has 0 unspecified atom stereocenters. The van der Waals surface area contributed by atoms with Crippen molar-refractivity contribution >= 4 is 12.0 Å². The number of nitrogens with one attached hydrogen (secondary N) is 1. The lowest BCUT2D eigenvalue weighted by molar-refractivity contribution is -0.139. The van der Waals surface area contributed by atoms with Crippen LogP contribution in [-0.2, 0) is 9.53 Å². The molecule has 6 nitrogen and oxygen atoms in total. The first-order valence-electron chi connectivity index (χ1n) is 6.87. The molecule has 2 aliphatic rings. The van der Waals surface area contributed by atoms with Gasteiger partial charge in [-0.3, -0.25) is 4.79 Å². The van der Waals surface area contributed by atoms with Crippen molar-refractivity contribution in [3.05, 3.63) is 0 Å². The van der Waals surface area contributed by atoms with Crippen LogP contribution in [0, 0.1) is 0 Å².